The molecule has 0 unspecified atom stereocenters. The van der Waals surface area contributed by atoms with E-state index in [0.29, 0.717) is 24.7 Å². The standard InChI is InChI=1S/C13H20FN3O.HI/c1-2-18-9-5-8-16-13(15)17-10-11-6-3-4-7-12(11)14;/h3-4,6-7H,2,5,8-10H2,1H3,(H3,15,16,17);1H. The van der Waals surface area contributed by atoms with Crippen LogP contribution in [0.3, 0.4) is 0 Å². The minimum Gasteiger partial charge on any atom is -0.382 e. The van der Waals surface area contributed by atoms with Gasteiger partial charge in [-0.25, -0.2) is 9.38 Å². The molecule has 108 valence electrons. The highest BCUT2D eigenvalue weighted by Crippen LogP contribution is 2.06. The van der Waals surface area contributed by atoms with E-state index in [1.807, 2.05) is 6.92 Å². The normalized spacial score (nSPS) is 10.9. The quantitative estimate of drug-likeness (QED) is 0.330. The van der Waals surface area contributed by atoms with E-state index in [4.69, 9.17) is 10.5 Å². The van der Waals surface area contributed by atoms with Gasteiger partial charge >= 0.3 is 0 Å². The Hall–Kier alpha value is -0.890. The summed E-state index contributed by atoms with van der Waals surface area (Å²) in [5.74, 6) is 0.0696. The van der Waals surface area contributed by atoms with E-state index >= 15 is 0 Å². The number of nitrogens with one attached hydrogen (secondary N) is 1. The monoisotopic (exact) mass is 381 g/mol. The molecule has 0 atom stereocenters. The molecule has 0 spiro atoms. The third-order valence-electron chi connectivity index (χ3n) is 2.35. The van der Waals surface area contributed by atoms with Crippen LogP contribution < -0.4 is 11.1 Å². The van der Waals surface area contributed by atoms with Crippen molar-refractivity contribution in [3.63, 3.8) is 0 Å². The van der Waals surface area contributed by atoms with Gasteiger partial charge in [0.1, 0.15) is 5.82 Å². The van der Waals surface area contributed by atoms with Gasteiger partial charge < -0.3 is 15.8 Å². The Morgan fingerprint density at radius 2 is 2.16 bits per heavy atom. The van der Waals surface area contributed by atoms with E-state index in [1.54, 1.807) is 18.2 Å². The number of nitrogens with zero attached hydrogens (tertiary/aromatic N) is 1. The highest BCUT2D eigenvalue weighted by Gasteiger charge is 1.99. The van der Waals surface area contributed by atoms with E-state index in [0.717, 1.165) is 13.0 Å². The van der Waals surface area contributed by atoms with Crippen molar-refractivity contribution < 1.29 is 9.13 Å². The lowest BCUT2D eigenvalue weighted by molar-refractivity contribution is 0.145. The smallest absolute Gasteiger partial charge is 0.188 e. The minimum absolute atomic E-state index is 0. The molecule has 4 nitrogen and oxygen atoms in total. The molecular formula is C13H21FIN3O. The number of rotatable bonds is 7. The van der Waals surface area contributed by atoms with Gasteiger partial charge in [-0.05, 0) is 19.4 Å². The lowest BCUT2D eigenvalue weighted by Gasteiger charge is -2.06. The molecule has 0 radical (unpaired) electrons. The number of aliphatic imine (C=N–C) groups is 1. The van der Waals surface area contributed by atoms with E-state index in [9.17, 15) is 4.39 Å². The van der Waals surface area contributed by atoms with Gasteiger partial charge in [-0.15, -0.1) is 24.0 Å². The molecule has 6 heteroatoms. The van der Waals surface area contributed by atoms with Crippen molar-refractivity contribution in [2.45, 2.75) is 19.9 Å². The molecule has 19 heavy (non-hydrogen) atoms. The first-order valence-electron chi connectivity index (χ1n) is 6.09. The van der Waals surface area contributed by atoms with Crippen LogP contribution in [0.2, 0.25) is 0 Å². The van der Waals surface area contributed by atoms with Crippen LogP contribution in [-0.2, 0) is 11.3 Å². The van der Waals surface area contributed by atoms with Crippen LogP contribution in [0.4, 0.5) is 4.39 Å². The number of benzene rings is 1. The predicted octanol–water partition coefficient (Wildman–Crippen LogP) is 2.27. The summed E-state index contributed by atoms with van der Waals surface area (Å²) in [5, 5.41) is 2.96. The second-order valence-corrected chi connectivity index (χ2v) is 3.77. The summed E-state index contributed by atoms with van der Waals surface area (Å²) in [7, 11) is 0. The van der Waals surface area contributed by atoms with Crippen LogP contribution in [0.15, 0.2) is 29.3 Å². The highest BCUT2D eigenvalue weighted by atomic mass is 127. The van der Waals surface area contributed by atoms with Crippen molar-refractivity contribution in [2.75, 3.05) is 19.8 Å². The van der Waals surface area contributed by atoms with Gasteiger partial charge in [0, 0.05) is 25.3 Å². The largest absolute Gasteiger partial charge is 0.382 e. The molecule has 3 N–H and O–H groups in total. The average Bonchev–Trinajstić information content (AvgIpc) is 2.37. The van der Waals surface area contributed by atoms with Gasteiger partial charge in [0.15, 0.2) is 5.96 Å². The molecule has 0 aliphatic rings. The maximum Gasteiger partial charge on any atom is 0.188 e. The Kier molecular flexibility index (Phi) is 10.5. The summed E-state index contributed by atoms with van der Waals surface area (Å²) in [6, 6.07) is 6.54. The van der Waals surface area contributed by atoms with Crippen molar-refractivity contribution in [2.24, 2.45) is 10.7 Å². The Labute approximate surface area is 130 Å². The van der Waals surface area contributed by atoms with Gasteiger partial charge in [0.05, 0.1) is 6.54 Å². The van der Waals surface area contributed by atoms with Gasteiger partial charge in [0.25, 0.3) is 0 Å². The van der Waals surface area contributed by atoms with E-state index in [-0.39, 0.29) is 36.3 Å². The topological polar surface area (TPSA) is 59.6 Å². The lowest BCUT2D eigenvalue weighted by atomic mass is 10.2. The van der Waals surface area contributed by atoms with Crippen molar-refractivity contribution in [3.8, 4) is 0 Å². The summed E-state index contributed by atoms with van der Waals surface area (Å²) in [6.45, 7) is 4.32. The number of hydrogen-bond donors (Lipinski definition) is 2. The molecule has 0 aliphatic carbocycles. The van der Waals surface area contributed by atoms with Gasteiger partial charge in [-0.3, -0.25) is 0 Å². The number of guanidine groups is 1. The van der Waals surface area contributed by atoms with Crippen molar-refractivity contribution in [1.82, 2.24) is 5.32 Å². The summed E-state index contributed by atoms with van der Waals surface area (Å²) in [6.07, 6.45) is 0.865. The molecule has 0 heterocycles. The van der Waals surface area contributed by atoms with Crippen LogP contribution in [0.1, 0.15) is 18.9 Å². The van der Waals surface area contributed by atoms with Crippen molar-refractivity contribution in [1.29, 1.82) is 0 Å². The molecule has 0 fully saturated rings. The number of ether oxygens (including phenoxy) is 1. The molecule has 0 aromatic heterocycles. The Bertz CT molecular complexity index is 388. The molecule has 0 aliphatic heterocycles. The predicted molar refractivity (Wildman–Crippen MR) is 86.3 cm³/mol. The number of nitrogens with two attached hydrogens (primary N) is 1. The molecule has 1 rings (SSSR count). The fourth-order valence-corrected chi connectivity index (χ4v) is 1.39. The van der Waals surface area contributed by atoms with Gasteiger partial charge in [0.2, 0.25) is 0 Å². The van der Waals surface area contributed by atoms with Crippen LogP contribution >= 0.6 is 24.0 Å². The molecule has 0 amide bonds. The zero-order valence-electron chi connectivity index (χ0n) is 11.1. The van der Waals surface area contributed by atoms with E-state index < -0.39 is 0 Å². The van der Waals surface area contributed by atoms with Gasteiger partial charge in [-0.1, -0.05) is 18.2 Å². The van der Waals surface area contributed by atoms with Crippen LogP contribution in [0, 0.1) is 5.82 Å². The molecule has 0 bridgehead atoms. The first-order valence-corrected chi connectivity index (χ1v) is 6.09. The van der Waals surface area contributed by atoms with Crippen molar-refractivity contribution in [3.05, 3.63) is 35.6 Å². The first-order chi connectivity index (χ1) is 8.74. The third kappa shape index (κ3) is 7.99. The Morgan fingerprint density at radius 1 is 1.42 bits per heavy atom. The fraction of sp³-hybridized carbons (Fsp3) is 0.462. The summed E-state index contributed by atoms with van der Waals surface area (Å²) in [4.78, 5) is 4.08. The second kappa shape index (κ2) is 11.0. The molecule has 1 aromatic carbocycles. The van der Waals surface area contributed by atoms with Gasteiger partial charge in [-0.2, -0.15) is 0 Å². The SMILES string of the molecule is CCOCCCNC(N)=NCc1ccccc1F.I. The zero-order chi connectivity index (χ0) is 13.2. The summed E-state index contributed by atoms with van der Waals surface area (Å²) >= 11 is 0. The highest BCUT2D eigenvalue weighted by molar-refractivity contribution is 14.0. The third-order valence-corrected chi connectivity index (χ3v) is 2.35. The Morgan fingerprint density at radius 3 is 2.84 bits per heavy atom. The van der Waals surface area contributed by atoms with Crippen LogP contribution in [0.25, 0.3) is 0 Å². The lowest BCUT2D eigenvalue weighted by Crippen LogP contribution is -2.32. The maximum absolute atomic E-state index is 13.3. The summed E-state index contributed by atoms with van der Waals surface area (Å²) < 4.78 is 18.5. The molecule has 0 saturated heterocycles. The first kappa shape index (κ1) is 18.1. The molecular weight excluding hydrogens is 360 g/mol. The van der Waals surface area contributed by atoms with E-state index in [1.165, 1.54) is 6.07 Å². The van der Waals surface area contributed by atoms with E-state index in [2.05, 4.69) is 10.3 Å². The summed E-state index contributed by atoms with van der Waals surface area (Å²) in [5.41, 5.74) is 6.20. The molecule has 1 aromatic rings. The minimum atomic E-state index is -0.259. The maximum atomic E-state index is 13.3. The van der Waals surface area contributed by atoms with Crippen LogP contribution in [0.5, 0.6) is 0 Å². The number of halogens is 2. The molecule has 0 saturated carbocycles. The van der Waals surface area contributed by atoms with Crippen LogP contribution in [-0.4, -0.2) is 25.7 Å². The fourth-order valence-electron chi connectivity index (χ4n) is 1.39. The zero-order valence-corrected chi connectivity index (χ0v) is 13.4. The average molecular weight is 381 g/mol. The Balaban J connectivity index is 0.00000324. The van der Waals surface area contributed by atoms with Crippen molar-refractivity contribution >= 4 is 29.9 Å². The number of hydrogen-bond acceptors (Lipinski definition) is 2. The second-order valence-electron chi connectivity index (χ2n) is 3.77.